The second kappa shape index (κ2) is 5.95. The number of carbonyl (C=O) groups is 1. The molecule has 0 saturated heterocycles. The van der Waals surface area contributed by atoms with Crippen molar-refractivity contribution in [3.63, 3.8) is 0 Å². The number of aryl methyl sites for hydroxylation is 1. The van der Waals surface area contributed by atoms with Gasteiger partial charge in [0.25, 0.3) is 5.91 Å². The van der Waals surface area contributed by atoms with Crippen LogP contribution < -0.4 is 11.2 Å². The number of benzene rings is 2. The van der Waals surface area contributed by atoms with Gasteiger partial charge < -0.3 is 5.73 Å². The number of primary amides is 1. The van der Waals surface area contributed by atoms with Crippen LogP contribution in [-0.4, -0.2) is 16.6 Å². The van der Waals surface area contributed by atoms with Gasteiger partial charge in [-0.15, -0.1) is 11.3 Å². The fraction of sp³-hybridized carbons (Fsp3) is 0.0625. The molecule has 1 heterocycles. The summed E-state index contributed by atoms with van der Waals surface area (Å²) >= 11 is 1.39. The lowest BCUT2D eigenvalue weighted by Gasteiger charge is -2.05. The molecule has 0 saturated carbocycles. The van der Waals surface area contributed by atoms with Crippen LogP contribution in [0.1, 0.15) is 10.6 Å². The summed E-state index contributed by atoms with van der Waals surface area (Å²) in [5.74, 6) is -0.611. The van der Waals surface area contributed by atoms with Crippen LogP contribution in [-0.2, 0) is 4.79 Å². The van der Waals surface area contributed by atoms with Crippen molar-refractivity contribution in [2.24, 2.45) is 10.8 Å². The van der Waals surface area contributed by atoms with E-state index in [4.69, 9.17) is 5.73 Å². The molecule has 1 aromatic heterocycles. The molecule has 3 N–H and O–H groups in total. The molecule has 0 fully saturated rings. The van der Waals surface area contributed by atoms with E-state index >= 15 is 0 Å². The molecule has 2 aromatic carbocycles. The van der Waals surface area contributed by atoms with Gasteiger partial charge in [-0.2, -0.15) is 5.10 Å². The number of amides is 1. The van der Waals surface area contributed by atoms with Crippen molar-refractivity contribution >= 4 is 38.9 Å². The Bertz CT molecular complexity index is 836. The van der Waals surface area contributed by atoms with Gasteiger partial charge in [-0.1, -0.05) is 30.3 Å². The monoisotopic (exact) mass is 310 g/mol. The predicted molar refractivity (Wildman–Crippen MR) is 90.2 cm³/mol. The number of hydrogen-bond donors (Lipinski definition) is 2. The van der Waals surface area contributed by atoms with Gasteiger partial charge in [0.15, 0.2) is 10.7 Å². The largest absolute Gasteiger partial charge is 0.364 e. The number of nitrogens with two attached hydrogens (primary N) is 1. The van der Waals surface area contributed by atoms with Crippen molar-refractivity contribution in [3.8, 4) is 0 Å². The molecule has 0 atom stereocenters. The zero-order valence-corrected chi connectivity index (χ0v) is 12.7. The lowest BCUT2D eigenvalue weighted by Crippen LogP contribution is -2.25. The van der Waals surface area contributed by atoms with Crippen LogP contribution in [0, 0.1) is 6.92 Å². The summed E-state index contributed by atoms with van der Waals surface area (Å²) in [5, 5.41) is 4.67. The van der Waals surface area contributed by atoms with Crippen molar-refractivity contribution in [1.29, 1.82) is 0 Å². The minimum atomic E-state index is -0.611. The van der Waals surface area contributed by atoms with E-state index < -0.39 is 5.91 Å². The molecule has 22 heavy (non-hydrogen) atoms. The maximum absolute atomic E-state index is 11.7. The third kappa shape index (κ3) is 2.82. The van der Waals surface area contributed by atoms with Gasteiger partial charge in [-0.3, -0.25) is 10.2 Å². The summed E-state index contributed by atoms with van der Waals surface area (Å²) in [6.07, 6.45) is 0. The summed E-state index contributed by atoms with van der Waals surface area (Å²) in [6.45, 7) is 1.96. The molecule has 0 aliphatic carbocycles. The van der Waals surface area contributed by atoms with Crippen LogP contribution >= 0.6 is 11.3 Å². The van der Waals surface area contributed by atoms with E-state index in [1.165, 1.54) is 11.3 Å². The van der Waals surface area contributed by atoms with Gasteiger partial charge >= 0.3 is 0 Å². The van der Waals surface area contributed by atoms with E-state index in [1.54, 1.807) is 0 Å². The summed E-state index contributed by atoms with van der Waals surface area (Å²) in [4.78, 5) is 16.1. The molecule has 5 nitrogen and oxygen atoms in total. The van der Waals surface area contributed by atoms with Crippen molar-refractivity contribution in [2.75, 3.05) is 5.43 Å². The van der Waals surface area contributed by atoms with E-state index in [9.17, 15) is 4.79 Å². The van der Waals surface area contributed by atoms with Crippen LogP contribution in [0.5, 0.6) is 0 Å². The molecule has 0 spiro atoms. The number of fused-ring (bicyclic) bond motifs is 1. The SMILES string of the molecule is Cc1ccccc1N/N=C(\C(N)=O)c1nc2ccccc2s1. The molecular formula is C16H14N4OS. The Balaban J connectivity index is 1.97. The van der Waals surface area contributed by atoms with Gasteiger partial charge in [-0.25, -0.2) is 4.98 Å². The van der Waals surface area contributed by atoms with Gasteiger partial charge in [0.1, 0.15) is 0 Å². The number of nitrogens with zero attached hydrogens (tertiary/aromatic N) is 2. The van der Waals surface area contributed by atoms with Gasteiger partial charge in [0, 0.05) is 0 Å². The normalized spacial score (nSPS) is 11.6. The van der Waals surface area contributed by atoms with E-state index in [1.807, 2.05) is 55.5 Å². The number of para-hydroxylation sites is 2. The number of nitrogens with one attached hydrogen (secondary N) is 1. The van der Waals surface area contributed by atoms with Crippen molar-refractivity contribution < 1.29 is 4.79 Å². The average Bonchev–Trinajstić information content (AvgIpc) is 2.92. The molecule has 1 amide bonds. The average molecular weight is 310 g/mol. The number of aromatic nitrogens is 1. The molecule has 0 aliphatic rings. The number of rotatable bonds is 4. The Kier molecular flexibility index (Phi) is 3.84. The summed E-state index contributed by atoms with van der Waals surface area (Å²) in [5.41, 5.74) is 11.1. The van der Waals surface area contributed by atoms with Crippen molar-refractivity contribution in [2.45, 2.75) is 6.92 Å². The van der Waals surface area contributed by atoms with E-state index in [0.29, 0.717) is 5.01 Å². The van der Waals surface area contributed by atoms with Gasteiger partial charge in [-0.05, 0) is 30.7 Å². The Morgan fingerprint density at radius 1 is 1.18 bits per heavy atom. The molecule has 0 unspecified atom stereocenters. The summed E-state index contributed by atoms with van der Waals surface area (Å²) in [7, 11) is 0. The second-order valence-electron chi connectivity index (χ2n) is 4.74. The molecular weight excluding hydrogens is 296 g/mol. The number of carbonyl (C=O) groups excluding carboxylic acids is 1. The zero-order valence-electron chi connectivity index (χ0n) is 11.9. The molecule has 110 valence electrons. The molecule has 0 radical (unpaired) electrons. The van der Waals surface area contributed by atoms with Crippen LogP contribution in [0.15, 0.2) is 53.6 Å². The first-order chi connectivity index (χ1) is 10.6. The number of hydrazone groups is 1. The predicted octanol–water partition coefficient (Wildman–Crippen LogP) is 2.91. The highest BCUT2D eigenvalue weighted by Crippen LogP contribution is 2.22. The fourth-order valence-corrected chi connectivity index (χ4v) is 2.96. The van der Waals surface area contributed by atoms with Crippen molar-refractivity contribution in [1.82, 2.24) is 4.98 Å². The standard InChI is InChI=1S/C16H14N4OS/c1-10-6-2-3-7-11(10)19-20-14(15(17)21)16-18-12-8-4-5-9-13(12)22-16/h2-9,19H,1H3,(H2,17,21)/b20-14+. The second-order valence-corrected chi connectivity index (χ2v) is 5.77. The Morgan fingerprint density at radius 3 is 2.64 bits per heavy atom. The highest BCUT2D eigenvalue weighted by atomic mass is 32.1. The third-order valence-electron chi connectivity index (χ3n) is 3.16. The summed E-state index contributed by atoms with van der Waals surface area (Å²) in [6, 6.07) is 15.3. The molecule has 3 rings (SSSR count). The lowest BCUT2D eigenvalue weighted by atomic mass is 10.2. The number of anilines is 1. The van der Waals surface area contributed by atoms with Crippen LogP contribution in [0.3, 0.4) is 0 Å². The zero-order chi connectivity index (χ0) is 15.5. The maximum Gasteiger partial charge on any atom is 0.272 e. The smallest absolute Gasteiger partial charge is 0.272 e. The van der Waals surface area contributed by atoms with Crippen LogP contribution in [0.4, 0.5) is 5.69 Å². The first-order valence-electron chi connectivity index (χ1n) is 6.70. The molecule has 6 heteroatoms. The Labute approximate surface area is 131 Å². The highest BCUT2D eigenvalue weighted by molar-refractivity contribution is 7.21. The molecule has 0 bridgehead atoms. The topological polar surface area (TPSA) is 80.4 Å². The molecule has 3 aromatic rings. The Morgan fingerprint density at radius 2 is 1.91 bits per heavy atom. The number of hydrogen-bond acceptors (Lipinski definition) is 5. The molecule has 0 aliphatic heterocycles. The number of thiazole rings is 1. The van der Waals surface area contributed by atoms with Gasteiger partial charge in [0.05, 0.1) is 15.9 Å². The van der Waals surface area contributed by atoms with E-state index in [2.05, 4.69) is 15.5 Å². The first kappa shape index (κ1) is 14.2. The maximum atomic E-state index is 11.7. The van der Waals surface area contributed by atoms with Crippen LogP contribution in [0.25, 0.3) is 10.2 Å². The highest BCUT2D eigenvalue weighted by Gasteiger charge is 2.16. The minimum Gasteiger partial charge on any atom is -0.364 e. The van der Waals surface area contributed by atoms with Crippen molar-refractivity contribution in [3.05, 3.63) is 59.1 Å². The first-order valence-corrected chi connectivity index (χ1v) is 7.52. The van der Waals surface area contributed by atoms with E-state index in [-0.39, 0.29) is 5.71 Å². The third-order valence-corrected chi connectivity index (χ3v) is 4.21. The quantitative estimate of drug-likeness (QED) is 0.574. The van der Waals surface area contributed by atoms with Gasteiger partial charge in [0.2, 0.25) is 0 Å². The van der Waals surface area contributed by atoms with E-state index in [0.717, 1.165) is 21.5 Å². The van der Waals surface area contributed by atoms with Crippen LogP contribution in [0.2, 0.25) is 0 Å². The Hall–Kier alpha value is -2.73. The lowest BCUT2D eigenvalue weighted by molar-refractivity contribution is -0.111. The fourth-order valence-electron chi connectivity index (χ4n) is 2.00. The summed E-state index contributed by atoms with van der Waals surface area (Å²) < 4.78 is 0.988. The minimum absolute atomic E-state index is 0.129.